The Balaban J connectivity index is 1.53. The molecular weight excluding hydrogens is 432 g/mol. The number of cyclic esters (lactones) is 1. The zero-order valence-electron chi connectivity index (χ0n) is 21.0. The van der Waals surface area contributed by atoms with Gasteiger partial charge in [0.05, 0.1) is 11.0 Å². The summed E-state index contributed by atoms with van der Waals surface area (Å²) in [6, 6.07) is 0. The van der Waals surface area contributed by atoms with Gasteiger partial charge in [-0.05, 0) is 84.1 Å². The average Bonchev–Trinajstić information content (AvgIpc) is 3.00. The second kappa shape index (κ2) is 7.14. The molecule has 0 radical (unpaired) electrons. The van der Waals surface area contributed by atoms with Crippen LogP contribution in [0.25, 0.3) is 0 Å². The Labute approximate surface area is 201 Å². The lowest BCUT2D eigenvalue weighted by Crippen LogP contribution is -2.72. The monoisotopic (exact) mass is 470 g/mol. The molecule has 6 heteroatoms. The van der Waals surface area contributed by atoms with Crippen LogP contribution in [0, 0.1) is 22.7 Å². The molecular formula is C28H38O6. The molecule has 5 rings (SSSR count). The van der Waals surface area contributed by atoms with E-state index in [1.807, 2.05) is 26.8 Å². The highest BCUT2D eigenvalue weighted by Crippen LogP contribution is 2.70. The maximum absolute atomic E-state index is 13.1. The van der Waals surface area contributed by atoms with Crippen molar-refractivity contribution in [3.05, 3.63) is 34.9 Å². The van der Waals surface area contributed by atoms with E-state index in [0.717, 1.165) is 17.6 Å². The third-order valence-corrected chi connectivity index (χ3v) is 11.1. The first-order chi connectivity index (χ1) is 15.7. The molecule has 0 amide bonds. The van der Waals surface area contributed by atoms with E-state index < -0.39 is 39.7 Å². The fourth-order valence-corrected chi connectivity index (χ4v) is 8.41. The van der Waals surface area contributed by atoms with E-state index in [0.29, 0.717) is 37.7 Å². The molecule has 0 bridgehead atoms. The van der Waals surface area contributed by atoms with E-state index in [1.54, 1.807) is 19.9 Å². The number of hydrogen-bond donors (Lipinski definition) is 3. The summed E-state index contributed by atoms with van der Waals surface area (Å²) in [6.45, 7) is 9.01. The first kappa shape index (κ1) is 24.0. The van der Waals surface area contributed by atoms with E-state index in [4.69, 9.17) is 4.74 Å². The third kappa shape index (κ3) is 2.63. The molecule has 8 unspecified atom stereocenters. The molecule has 1 aliphatic heterocycles. The first-order valence-corrected chi connectivity index (χ1v) is 12.7. The minimum Gasteiger partial charge on any atom is -0.455 e. The molecule has 0 aromatic carbocycles. The summed E-state index contributed by atoms with van der Waals surface area (Å²) in [6.07, 6.45) is 8.28. The number of carbonyl (C=O) groups is 2. The van der Waals surface area contributed by atoms with Gasteiger partial charge in [-0.3, -0.25) is 4.79 Å². The normalized spacial score (nSPS) is 47.9. The number of ketones is 1. The van der Waals surface area contributed by atoms with E-state index >= 15 is 0 Å². The molecule has 0 aromatic heterocycles. The van der Waals surface area contributed by atoms with Crippen molar-refractivity contribution in [2.75, 3.05) is 0 Å². The first-order valence-electron chi connectivity index (χ1n) is 12.7. The number of aliphatic hydroxyl groups is 3. The number of hydrogen-bond acceptors (Lipinski definition) is 6. The second-order valence-electron chi connectivity index (χ2n) is 12.2. The SMILES string of the molecule is CC1=C(C)C(=O)OC(C(C)(O)C2(O)CCC3(O)C4CC=C5CC=CC(=O)C5(C)C4CCC32C)C1. The van der Waals surface area contributed by atoms with Crippen molar-refractivity contribution >= 4 is 11.8 Å². The second-order valence-corrected chi connectivity index (χ2v) is 12.2. The van der Waals surface area contributed by atoms with E-state index in [1.165, 1.54) is 0 Å². The Morgan fingerprint density at radius 2 is 1.79 bits per heavy atom. The van der Waals surface area contributed by atoms with Crippen molar-refractivity contribution in [1.82, 2.24) is 0 Å². The summed E-state index contributed by atoms with van der Waals surface area (Å²) in [4.78, 5) is 25.5. The van der Waals surface area contributed by atoms with Crippen LogP contribution >= 0.6 is 0 Å². The number of ether oxygens (including phenoxy) is 1. The Bertz CT molecular complexity index is 1050. The predicted molar refractivity (Wildman–Crippen MR) is 127 cm³/mol. The molecule has 0 spiro atoms. The average molecular weight is 471 g/mol. The summed E-state index contributed by atoms with van der Waals surface area (Å²) in [7, 11) is 0. The highest BCUT2D eigenvalue weighted by Gasteiger charge is 2.76. The van der Waals surface area contributed by atoms with Crippen LogP contribution in [0.5, 0.6) is 0 Å². The molecule has 0 aromatic rings. The molecule has 2 fully saturated rings. The number of esters is 1. The minimum absolute atomic E-state index is 0.0179. The maximum Gasteiger partial charge on any atom is 0.334 e. The van der Waals surface area contributed by atoms with Crippen LogP contribution < -0.4 is 0 Å². The highest BCUT2D eigenvalue weighted by molar-refractivity contribution is 5.98. The lowest BCUT2D eigenvalue weighted by atomic mass is 9.44. The summed E-state index contributed by atoms with van der Waals surface area (Å²) in [5.41, 5.74) is -3.78. The Morgan fingerprint density at radius 1 is 1.09 bits per heavy atom. The zero-order chi connectivity index (χ0) is 24.9. The quantitative estimate of drug-likeness (QED) is 0.421. The summed E-state index contributed by atoms with van der Waals surface area (Å²) >= 11 is 0. The Hall–Kier alpha value is -1.76. The molecule has 4 aliphatic carbocycles. The number of allylic oxidation sites excluding steroid dienone is 4. The van der Waals surface area contributed by atoms with E-state index in [9.17, 15) is 24.9 Å². The van der Waals surface area contributed by atoms with Gasteiger partial charge in [0.2, 0.25) is 0 Å². The van der Waals surface area contributed by atoms with Gasteiger partial charge in [-0.25, -0.2) is 4.79 Å². The van der Waals surface area contributed by atoms with Crippen LogP contribution in [0.2, 0.25) is 0 Å². The fourth-order valence-electron chi connectivity index (χ4n) is 8.41. The zero-order valence-corrected chi connectivity index (χ0v) is 21.0. The molecule has 8 atom stereocenters. The predicted octanol–water partition coefficient (Wildman–Crippen LogP) is 3.54. The molecule has 0 saturated heterocycles. The number of carbonyl (C=O) groups excluding carboxylic acids is 2. The molecule has 3 N–H and O–H groups in total. The molecule has 2 saturated carbocycles. The Morgan fingerprint density at radius 3 is 2.47 bits per heavy atom. The standard InChI is InChI=1S/C28H38O6/c1-16-15-22(34-23(30)17(16)2)26(5,31)28(33)14-13-27(32)20-10-9-18-7-6-8-21(29)25(18,4)19(20)11-12-24(27,28)3/h6,8-9,19-20,22,31-33H,7,10-15H2,1-5H3. The molecule has 1 heterocycles. The van der Waals surface area contributed by atoms with Crippen LogP contribution in [-0.2, 0) is 14.3 Å². The van der Waals surface area contributed by atoms with Crippen molar-refractivity contribution < 1.29 is 29.6 Å². The molecule has 6 nitrogen and oxygen atoms in total. The van der Waals surface area contributed by atoms with Crippen molar-refractivity contribution in [3.63, 3.8) is 0 Å². The van der Waals surface area contributed by atoms with Gasteiger partial charge in [0, 0.05) is 17.4 Å². The summed E-state index contributed by atoms with van der Waals surface area (Å²) < 4.78 is 5.63. The van der Waals surface area contributed by atoms with E-state index in [-0.39, 0.29) is 24.0 Å². The van der Waals surface area contributed by atoms with Crippen LogP contribution in [0.1, 0.15) is 79.6 Å². The van der Waals surface area contributed by atoms with Crippen molar-refractivity contribution in [1.29, 1.82) is 0 Å². The van der Waals surface area contributed by atoms with Gasteiger partial charge in [-0.2, -0.15) is 0 Å². The molecule has 5 aliphatic rings. The van der Waals surface area contributed by atoms with Crippen molar-refractivity contribution in [2.45, 2.75) is 102 Å². The van der Waals surface area contributed by atoms with Crippen LogP contribution in [0.4, 0.5) is 0 Å². The van der Waals surface area contributed by atoms with Gasteiger partial charge < -0.3 is 20.1 Å². The van der Waals surface area contributed by atoms with Crippen LogP contribution in [0.3, 0.4) is 0 Å². The van der Waals surface area contributed by atoms with Gasteiger partial charge in [-0.1, -0.05) is 30.2 Å². The van der Waals surface area contributed by atoms with Gasteiger partial charge in [0.15, 0.2) is 5.78 Å². The van der Waals surface area contributed by atoms with Gasteiger partial charge in [-0.15, -0.1) is 0 Å². The van der Waals surface area contributed by atoms with E-state index in [2.05, 4.69) is 6.08 Å². The topological polar surface area (TPSA) is 104 Å². The fraction of sp³-hybridized carbons (Fsp3) is 0.714. The molecule has 186 valence electrons. The van der Waals surface area contributed by atoms with Crippen molar-refractivity contribution in [2.24, 2.45) is 22.7 Å². The Kier molecular flexibility index (Phi) is 5.03. The van der Waals surface area contributed by atoms with Crippen molar-refractivity contribution in [3.8, 4) is 0 Å². The third-order valence-electron chi connectivity index (χ3n) is 11.1. The maximum atomic E-state index is 13.1. The largest absolute Gasteiger partial charge is 0.455 e. The summed E-state index contributed by atoms with van der Waals surface area (Å²) in [5.74, 6) is -0.589. The number of rotatable bonds is 2. The lowest BCUT2D eigenvalue weighted by Gasteiger charge is -2.63. The van der Waals surface area contributed by atoms with Gasteiger partial charge in [0.25, 0.3) is 0 Å². The summed E-state index contributed by atoms with van der Waals surface area (Å²) in [5, 5.41) is 36.5. The smallest absolute Gasteiger partial charge is 0.334 e. The minimum atomic E-state index is -1.75. The lowest BCUT2D eigenvalue weighted by molar-refractivity contribution is -0.279. The van der Waals surface area contributed by atoms with Gasteiger partial charge in [0.1, 0.15) is 17.3 Å². The highest BCUT2D eigenvalue weighted by atomic mass is 16.6. The van der Waals surface area contributed by atoms with Gasteiger partial charge >= 0.3 is 5.97 Å². The number of fused-ring (bicyclic) bond motifs is 5. The van der Waals surface area contributed by atoms with Crippen LogP contribution in [0.15, 0.2) is 34.9 Å². The van der Waals surface area contributed by atoms with Crippen LogP contribution in [-0.4, -0.2) is 50.0 Å². The molecule has 34 heavy (non-hydrogen) atoms.